The van der Waals surface area contributed by atoms with Crippen molar-refractivity contribution in [1.82, 2.24) is 0 Å². The molecule has 3 rings (SSSR count). The zero-order valence-electron chi connectivity index (χ0n) is 14.5. The molecule has 2 aromatic rings. The second-order valence-electron chi connectivity index (χ2n) is 6.11. The van der Waals surface area contributed by atoms with Crippen LogP contribution in [0.25, 0.3) is 0 Å². The number of anilines is 2. The van der Waals surface area contributed by atoms with E-state index in [0.717, 1.165) is 6.26 Å². The molecule has 2 aromatic carbocycles. The predicted molar refractivity (Wildman–Crippen MR) is 107 cm³/mol. The number of hydrogen-bond acceptors (Lipinski definition) is 5. The summed E-state index contributed by atoms with van der Waals surface area (Å²) in [5.41, 5.74) is 1.45. The number of benzene rings is 2. The number of halogens is 2. The molecule has 27 heavy (non-hydrogen) atoms. The maximum absolute atomic E-state index is 12.7. The number of para-hydroxylation sites is 1. The number of morpholine rings is 1. The van der Waals surface area contributed by atoms with E-state index in [4.69, 9.17) is 27.9 Å². The van der Waals surface area contributed by atoms with Crippen molar-refractivity contribution >= 4 is 50.3 Å². The topological polar surface area (TPSA) is 75.7 Å². The lowest BCUT2D eigenvalue weighted by Gasteiger charge is -2.31. The number of nitrogens with zero attached hydrogens (tertiary/aromatic N) is 1. The quantitative estimate of drug-likeness (QED) is 0.806. The number of carbonyl (C=O) groups excluding carboxylic acids is 1. The Morgan fingerprint density at radius 3 is 2.48 bits per heavy atom. The van der Waals surface area contributed by atoms with Gasteiger partial charge >= 0.3 is 0 Å². The summed E-state index contributed by atoms with van der Waals surface area (Å²) in [6, 6.07) is 9.39. The lowest BCUT2D eigenvalue weighted by Crippen LogP contribution is -2.37. The van der Waals surface area contributed by atoms with Gasteiger partial charge in [0.05, 0.1) is 39.5 Å². The maximum atomic E-state index is 12.7. The van der Waals surface area contributed by atoms with Gasteiger partial charge < -0.3 is 15.0 Å². The van der Waals surface area contributed by atoms with Crippen molar-refractivity contribution in [2.24, 2.45) is 0 Å². The van der Waals surface area contributed by atoms with Gasteiger partial charge in [0.2, 0.25) is 0 Å². The molecule has 1 saturated heterocycles. The number of sulfone groups is 1. The van der Waals surface area contributed by atoms with Crippen LogP contribution in [0.1, 0.15) is 10.4 Å². The van der Waals surface area contributed by atoms with Crippen LogP contribution in [0.15, 0.2) is 41.3 Å². The normalized spacial score (nSPS) is 14.9. The fourth-order valence-electron chi connectivity index (χ4n) is 2.85. The van der Waals surface area contributed by atoms with Crippen molar-refractivity contribution in [3.05, 3.63) is 52.0 Å². The standard InChI is InChI=1S/C18H18Cl2N2O4S/c1-27(24,25)16-11-12(5-6-13(16)19)18(23)21-15-4-2-3-14(20)17(15)22-7-9-26-10-8-22/h2-6,11H,7-10H2,1H3,(H,21,23). The van der Waals surface area contributed by atoms with Crippen molar-refractivity contribution in [1.29, 1.82) is 0 Å². The van der Waals surface area contributed by atoms with E-state index in [2.05, 4.69) is 5.32 Å². The number of hydrogen-bond donors (Lipinski definition) is 1. The van der Waals surface area contributed by atoms with Gasteiger partial charge in [-0.3, -0.25) is 4.79 Å². The van der Waals surface area contributed by atoms with Gasteiger partial charge in [-0.05, 0) is 30.3 Å². The smallest absolute Gasteiger partial charge is 0.255 e. The molecule has 1 N–H and O–H groups in total. The fourth-order valence-corrected chi connectivity index (χ4v) is 4.44. The Kier molecular flexibility index (Phi) is 5.95. The minimum absolute atomic E-state index is 0.0748. The molecule has 1 heterocycles. The summed E-state index contributed by atoms with van der Waals surface area (Å²) in [5, 5.41) is 3.41. The molecular weight excluding hydrogens is 411 g/mol. The molecule has 1 fully saturated rings. The average Bonchev–Trinajstić information content (AvgIpc) is 2.62. The number of carbonyl (C=O) groups is 1. The van der Waals surface area contributed by atoms with Crippen molar-refractivity contribution in [3.63, 3.8) is 0 Å². The molecule has 6 nitrogen and oxygen atoms in total. The first-order valence-electron chi connectivity index (χ1n) is 8.19. The fraction of sp³-hybridized carbons (Fsp3) is 0.278. The van der Waals surface area contributed by atoms with Gasteiger partial charge in [0, 0.05) is 24.9 Å². The molecule has 0 aromatic heterocycles. The highest BCUT2D eigenvalue weighted by molar-refractivity contribution is 7.90. The monoisotopic (exact) mass is 428 g/mol. The SMILES string of the molecule is CS(=O)(=O)c1cc(C(=O)Nc2cccc(Cl)c2N2CCOCC2)ccc1Cl. The largest absolute Gasteiger partial charge is 0.378 e. The minimum Gasteiger partial charge on any atom is -0.378 e. The lowest BCUT2D eigenvalue weighted by molar-refractivity contribution is 0.102. The Labute approximate surface area is 167 Å². The van der Waals surface area contributed by atoms with Crippen LogP contribution in [0.4, 0.5) is 11.4 Å². The van der Waals surface area contributed by atoms with Gasteiger partial charge in [-0.25, -0.2) is 8.42 Å². The van der Waals surface area contributed by atoms with E-state index in [1.54, 1.807) is 18.2 Å². The van der Waals surface area contributed by atoms with Crippen molar-refractivity contribution in [2.45, 2.75) is 4.90 Å². The Hall–Kier alpha value is -1.80. The van der Waals surface area contributed by atoms with E-state index >= 15 is 0 Å². The molecule has 0 unspecified atom stereocenters. The van der Waals surface area contributed by atoms with Crippen LogP contribution in [0.3, 0.4) is 0 Å². The van der Waals surface area contributed by atoms with Crippen LogP contribution < -0.4 is 10.2 Å². The first-order chi connectivity index (χ1) is 12.8. The molecule has 0 bridgehead atoms. The Morgan fingerprint density at radius 1 is 1.11 bits per heavy atom. The highest BCUT2D eigenvalue weighted by atomic mass is 35.5. The number of rotatable bonds is 4. The highest BCUT2D eigenvalue weighted by Crippen LogP contribution is 2.35. The summed E-state index contributed by atoms with van der Waals surface area (Å²) < 4.78 is 29.0. The second-order valence-corrected chi connectivity index (χ2v) is 8.91. The average molecular weight is 429 g/mol. The molecule has 9 heteroatoms. The van der Waals surface area contributed by atoms with E-state index in [1.165, 1.54) is 18.2 Å². The van der Waals surface area contributed by atoms with Crippen molar-refractivity contribution in [2.75, 3.05) is 42.8 Å². The second kappa shape index (κ2) is 8.06. The summed E-state index contributed by atoms with van der Waals surface area (Å²) in [4.78, 5) is 14.7. The predicted octanol–water partition coefficient (Wildman–Crippen LogP) is 3.49. The zero-order chi connectivity index (χ0) is 19.6. The third kappa shape index (κ3) is 4.55. The van der Waals surface area contributed by atoms with Crippen LogP contribution in [-0.2, 0) is 14.6 Å². The number of nitrogens with one attached hydrogen (secondary N) is 1. The van der Waals surface area contributed by atoms with Crippen LogP contribution in [0.2, 0.25) is 10.0 Å². The first-order valence-corrected chi connectivity index (χ1v) is 10.8. The number of amides is 1. The highest BCUT2D eigenvalue weighted by Gasteiger charge is 2.21. The summed E-state index contributed by atoms with van der Waals surface area (Å²) in [6.07, 6.45) is 1.05. The summed E-state index contributed by atoms with van der Waals surface area (Å²) >= 11 is 12.3. The van der Waals surface area contributed by atoms with Gasteiger partial charge in [-0.2, -0.15) is 0 Å². The Bertz CT molecular complexity index is 973. The molecule has 144 valence electrons. The zero-order valence-corrected chi connectivity index (χ0v) is 16.9. The van der Waals surface area contributed by atoms with Gasteiger partial charge in [0.15, 0.2) is 9.84 Å². The van der Waals surface area contributed by atoms with Gasteiger partial charge in [-0.15, -0.1) is 0 Å². The van der Waals surface area contributed by atoms with E-state index in [1.807, 2.05) is 4.90 Å². The molecule has 0 aliphatic carbocycles. The molecule has 1 amide bonds. The molecular formula is C18H18Cl2N2O4S. The third-order valence-corrected chi connectivity index (χ3v) is 6.04. The maximum Gasteiger partial charge on any atom is 0.255 e. The van der Waals surface area contributed by atoms with E-state index in [9.17, 15) is 13.2 Å². The van der Waals surface area contributed by atoms with E-state index < -0.39 is 15.7 Å². The van der Waals surface area contributed by atoms with Crippen LogP contribution in [0.5, 0.6) is 0 Å². The van der Waals surface area contributed by atoms with Crippen LogP contribution in [-0.4, -0.2) is 46.9 Å². The molecule has 0 spiro atoms. The van der Waals surface area contributed by atoms with Gasteiger partial charge in [-0.1, -0.05) is 29.3 Å². The van der Waals surface area contributed by atoms with Crippen molar-refractivity contribution in [3.8, 4) is 0 Å². The van der Waals surface area contributed by atoms with E-state index in [0.29, 0.717) is 42.7 Å². The Balaban J connectivity index is 1.92. The minimum atomic E-state index is -3.55. The third-order valence-electron chi connectivity index (χ3n) is 4.16. The summed E-state index contributed by atoms with van der Waals surface area (Å²) in [5.74, 6) is -0.451. The number of ether oxygens (including phenoxy) is 1. The van der Waals surface area contributed by atoms with Gasteiger partial charge in [0.25, 0.3) is 5.91 Å². The summed E-state index contributed by atoms with van der Waals surface area (Å²) in [7, 11) is -3.55. The molecule has 0 saturated carbocycles. The molecule has 0 atom stereocenters. The van der Waals surface area contributed by atoms with Crippen LogP contribution >= 0.6 is 23.2 Å². The summed E-state index contributed by atoms with van der Waals surface area (Å²) in [6.45, 7) is 2.47. The Morgan fingerprint density at radius 2 is 1.81 bits per heavy atom. The van der Waals surface area contributed by atoms with Crippen molar-refractivity contribution < 1.29 is 17.9 Å². The first kappa shape index (κ1) is 19.9. The van der Waals surface area contributed by atoms with E-state index in [-0.39, 0.29) is 15.5 Å². The lowest BCUT2D eigenvalue weighted by atomic mass is 10.2. The van der Waals surface area contributed by atoms with Crippen LogP contribution in [0, 0.1) is 0 Å². The molecule has 0 radical (unpaired) electrons. The van der Waals surface area contributed by atoms with Gasteiger partial charge in [0.1, 0.15) is 0 Å². The molecule has 1 aliphatic rings. The molecule has 1 aliphatic heterocycles.